The summed E-state index contributed by atoms with van der Waals surface area (Å²) in [6.45, 7) is 1.11. The highest BCUT2D eigenvalue weighted by molar-refractivity contribution is 6.30. The molecule has 5 rings (SSSR count). The number of hydrogen-bond acceptors (Lipinski definition) is 4. The maximum absolute atomic E-state index is 14.7. The maximum Gasteiger partial charge on any atom is 0.160 e. The molecule has 0 fully saturated rings. The summed E-state index contributed by atoms with van der Waals surface area (Å²) < 4.78 is 14.7. The Morgan fingerprint density at radius 2 is 1.65 bits per heavy atom. The molecular formula is C31H28ClFN4. The summed E-state index contributed by atoms with van der Waals surface area (Å²) in [6, 6.07) is 21.0. The van der Waals surface area contributed by atoms with E-state index in [9.17, 15) is 4.39 Å². The zero-order valence-corrected chi connectivity index (χ0v) is 21.7. The lowest BCUT2D eigenvalue weighted by molar-refractivity contribution is 0.394. The van der Waals surface area contributed by atoms with Gasteiger partial charge in [-0.25, -0.2) is 14.4 Å². The maximum atomic E-state index is 14.7. The van der Waals surface area contributed by atoms with Crippen LogP contribution in [-0.4, -0.2) is 40.5 Å². The van der Waals surface area contributed by atoms with Gasteiger partial charge in [-0.15, -0.1) is 0 Å². The molecule has 2 aromatic carbocycles. The Morgan fingerprint density at radius 3 is 2.46 bits per heavy atom. The van der Waals surface area contributed by atoms with E-state index < -0.39 is 0 Å². The number of rotatable bonds is 8. The Balaban J connectivity index is 1.49. The predicted molar refractivity (Wildman–Crippen MR) is 150 cm³/mol. The molecule has 0 radical (unpaired) electrons. The van der Waals surface area contributed by atoms with Crippen LogP contribution in [-0.2, 0) is 6.42 Å². The van der Waals surface area contributed by atoms with Crippen LogP contribution >= 0.6 is 11.6 Å². The number of aryl methyl sites for hydroxylation is 1. The molecule has 0 bridgehead atoms. The van der Waals surface area contributed by atoms with Crippen LogP contribution in [0.3, 0.4) is 0 Å². The van der Waals surface area contributed by atoms with Crippen molar-refractivity contribution in [3.05, 3.63) is 102 Å². The third-order valence-corrected chi connectivity index (χ3v) is 6.68. The first-order chi connectivity index (χ1) is 18.0. The number of aromatic nitrogens is 3. The van der Waals surface area contributed by atoms with E-state index in [1.807, 2.05) is 30.6 Å². The number of benzene rings is 2. The third kappa shape index (κ3) is 5.85. The molecule has 0 aliphatic heterocycles. The summed E-state index contributed by atoms with van der Waals surface area (Å²) >= 11 is 6.17. The van der Waals surface area contributed by atoms with Gasteiger partial charge in [-0.3, -0.25) is 4.98 Å². The minimum absolute atomic E-state index is 0.339. The largest absolute Gasteiger partial charge is 0.309 e. The van der Waals surface area contributed by atoms with Crippen molar-refractivity contribution in [1.29, 1.82) is 0 Å². The van der Waals surface area contributed by atoms with Gasteiger partial charge in [0.15, 0.2) is 5.65 Å². The van der Waals surface area contributed by atoms with Crippen molar-refractivity contribution in [3.63, 3.8) is 0 Å². The van der Waals surface area contributed by atoms with E-state index in [2.05, 4.69) is 64.3 Å². The monoisotopic (exact) mass is 510 g/mol. The Bertz CT molecular complexity index is 1530. The van der Waals surface area contributed by atoms with E-state index >= 15 is 0 Å². The lowest BCUT2D eigenvalue weighted by Crippen LogP contribution is -2.12. The van der Waals surface area contributed by atoms with Gasteiger partial charge in [0, 0.05) is 45.7 Å². The fraction of sp³-hybridized carbons (Fsp3) is 0.194. The molecule has 4 nitrogen and oxygen atoms in total. The average Bonchev–Trinajstić information content (AvgIpc) is 2.92. The summed E-state index contributed by atoms with van der Waals surface area (Å²) in [4.78, 5) is 15.8. The highest BCUT2D eigenvalue weighted by atomic mass is 35.5. The van der Waals surface area contributed by atoms with E-state index in [-0.39, 0.29) is 5.82 Å². The Labute approximate surface area is 221 Å². The van der Waals surface area contributed by atoms with Crippen LogP contribution < -0.4 is 0 Å². The van der Waals surface area contributed by atoms with Crippen LogP contribution in [0.25, 0.3) is 44.5 Å². The number of nitrogens with zero attached hydrogens (tertiary/aromatic N) is 4. The molecule has 0 amide bonds. The van der Waals surface area contributed by atoms with Crippen LogP contribution in [0.15, 0.2) is 85.3 Å². The Morgan fingerprint density at radius 1 is 0.838 bits per heavy atom. The van der Waals surface area contributed by atoms with E-state index in [0.29, 0.717) is 21.9 Å². The van der Waals surface area contributed by atoms with E-state index in [1.165, 1.54) is 30.5 Å². The van der Waals surface area contributed by atoms with Gasteiger partial charge in [-0.05, 0) is 99.1 Å². The Kier molecular flexibility index (Phi) is 7.54. The minimum Gasteiger partial charge on any atom is -0.309 e. The summed E-state index contributed by atoms with van der Waals surface area (Å²) in [7, 11) is 4.22. The van der Waals surface area contributed by atoms with Gasteiger partial charge < -0.3 is 4.90 Å². The predicted octanol–water partition coefficient (Wildman–Crippen LogP) is 7.70. The van der Waals surface area contributed by atoms with Crippen LogP contribution in [0.2, 0.25) is 5.02 Å². The topological polar surface area (TPSA) is 41.9 Å². The molecule has 0 aliphatic rings. The summed E-state index contributed by atoms with van der Waals surface area (Å²) in [5.74, 6) is -0.383. The normalized spacial score (nSPS) is 11.4. The fourth-order valence-corrected chi connectivity index (χ4v) is 4.67. The number of pyridine rings is 3. The molecule has 0 atom stereocenters. The third-order valence-electron chi connectivity index (χ3n) is 6.45. The van der Waals surface area contributed by atoms with Crippen LogP contribution in [0, 0.1) is 5.82 Å². The SMILES string of the molecule is CN(C)CCCCc1ccc(-c2cncc(-c3cc(-c4cc(Cl)ccc4F)nc4ncccc34)c2)cc1. The molecular weight excluding hydrogens is 483 g/mol. The van der Waals surface area contributed by atoms with Gasteiger partial charge in [0.05, 0.1) is 5.69 Å². The first kappa shape index (κ1) is 25.0. The summed E-state index contributed by atoms with van der Waals surface area (Å²) in [5, 5.41) is 1.33. The molecule has 186 valence electrons. The summed E-state index contributed by atoms with van der Waals surface area (Å²) in [6.07, 6.45) is 8.82. The summed E-state index contributed by atoms with van der Waals surface area (Å²) in [5.41, 5.74) is 6.61. The lowest BCUT2D eigenvalue weighted by atomic mass is 9.97. The number of halogens is 2. The zero-order valence-electron chi connectivity index (χ0n) is 21.0. The van der Waals surface area contributed by atoms with Crippen molar-refractivity contribution in [2.24, 2.45) is 0 Å². The molecule has 0 N–H and O–H groups in total. The Hall–Kier alpha value is -3.67. The highest BCUT2D eigenvalue weighted by Gasteiger charge is 2.14. The van der Waals surface area contributed by atoms with Crippen molar-refractivity contribution in [2.45, 2.75) is 19.3 Å². The fourth-order valence-electron chi connectivity index (χ4n) is 4.49. The second-order valence-electron chi connectivity index (χ2n) is 9.47. The van der Waals surface area contributed by atoms with E-state index in [1.54, 1.807) is 12.3 Å². The van der Waals surface area contributed by atoms with Crippen LogP contribution in [0.5, 0.6) is 0 Å². The van der Waals surface area contributed by atoms with E-state index in [0.717, 1.165) is 40.6 Å². The first-order valence-corrected chi connectivity index (χ1v) is 12.8. The van der Waals surface area contributed by atoms with Crippen molar-refractivity contribution in [3.8, 4) is 33.5 Å². The molecule has 0 saturated heterocycles. The van der Waals surface area contributed by atoms with Gasteiger partial charge >= 0.3 is 0 Å². The highest BCUT2D eigenvalue weighted by Crippen LogP contribution is 2.34. The van der Waals surface area contributed by atoms with E-state index in [4.69, 9.17) is 11.6 Å². The molecule has 37 heavy (non-hydrogen) atoms. The second-order valence-corrected chi connectivity index (χ2v) is 9.91. The molecule has 3 aromatic heterocycles. The lowest BCUT2D eigenvalue weighted by Gasteiger charge is -2.12. The first-order valence-electron chi connectivity index (χ1n) is 12.4. The van der Waals surface area contributed by atoms with Crippen molar-refractivity contribution >= 4 is 22.6 Å². The van der Waals surface area contributed by atoms with Gasteiger partial charge in [0.1, 0.15) is 5.82 Å². The van der Waals surface area contributed by atoms with Crippen molar-refractivity contribution < 1.29 is 4.39 Å². The van der Waals surface area contributed by atoms with Crippen molar-refractivity contribution in [2.75, 3.05) is 20.6 Å². The van der Waals surface area contributed by atoms with Crippen LogP contribution in [0.1, 0.15) is 18.4 Å². The van der Waals surface area contributed by atoms with Gasteiger partial charge in [0.25, 0.3) is 0 Å². The molecule has 0 aliphatic carbocycles. The zero-order chi connectivity index (χ0) is 25.8. The van der Waals surface area contributed by atoms with Gasteiger partial charge in [0.2, 0.25) is 0 Å². The van der Waals surface area contributed by atoms with Gasteiger partial charge in [-0.2, -0.15) is 0 Å². The average molecular weight is 511 g/mol. The molecule has 0 unspecified atom stereocenters. The molecule has 5 aromatic rings. The van der Waals surface area contributed by atoms with Gasteiger partial charge in [-0.1, -0.05) is 35.9 Å². The van der Waals surface area contributed by atoms with Crippen molar-refractivity contribution in [1.82, 2.24) is 19.9 Å². The smallest absolute Gasteiger partial charge is 0.160 e. The minimum atomic E-state index is -0.383. The second kappa shape index (κ2) is 11.2. The molecule has 0 saturated carbocycles. The number of hydrogen-bond donors (Lipinski definition) is 0. The van der Waals surface area contributed by atoms with Crippen LogP contribution in [0.4, 0.5) is 4.39 Å². The molecule has 0 spiro atoms. The quantitative estimate of drug-likeness (QED) is 0.200. The molecule has 6 heteroatoms. The number of unbranched alkanes of at least 4 members (excludes halogenated alkanes) is 1. The number of fused-ring (bicyclic) bond motifs is 1. The molecule has 3 heterocycles. The standard InChI is InChI=1S/C31H28ClFN4/c1-37(2)15-4-3-6-21-8-10-22(11-9-21)23-16-24(20-34-19-23)27-18-30(28-17-25(32)12-13-29(28)33)36-31-26(27)7-5-14-35-31/h5,7-14,16-20H,3-4,6,15H2,1-2H3.